The molecule has 1 heterocycles. The average Bonchev–Trinajstić information content (AvgIpc) is 2.47. The lowest BCUT2D eigenvalue weighted by molar-refractivity contribution is 0.444. The van der Waals surface area contributed by atoms with Gasteiger partial charge < -0.3 is 15.5 Å². The molecule has 12 heavy (non-hydrogen) atoms. The number of furan rings is 1. The molecule has 0 amide bonds. The van der Waals surface area contributed by atoms with Gasteiger partial charge in [-0.3, -0.25) is 0 Å². The SMILES string of the molecule is C[C@H](CN)NCc1ccc(Br)o1. The molecule has 0 aliphatic heterocycles. The second-order valence-corrected chi connectivity index (χ2v) is 3.51. The van der Waals surface area contributed by atoms with Crippen LogP contribution in [0.1, 0.15) is 12.7 Å². The Hall–Kier alpha value is -0.320. The van der Waals surface area contributed by atoms with Gasteiger partial charge in [0.1, 0.15) is 5.76 Å². The van der Waals surface area contributed by atoms with Crippen LogP contribution in [0.2, 0.25) is 0 Å². The Labute approximate surface area is 80.4 Å². The summed E-state index contributed by atoms with van der Waals surface area (Å²) in [4.78, 5) is 0. The monoisotopic (exact) mass is 232 g/mol. The molecule has 3 nitrogen and oxygen atoms in total. The minimum Gasteiger partial charge on any atom is -0.453 e. The van der Waals surface area contributed by atoms with E-state index in [4.69, 9.17) is 10.2 Å². The number of halogens is 1. The Kier molecular flexibility index (Phi) is 3.78. The predicted molar refractivity (Wildman–Crippen MR) is 51.8 cm³/mol. The van der Waals surface area contributed by atoms with Crippen molar-refractivity contribution < 1.29 is 4.42 Å². The number of nitrogens with two attached hydrogens (primary N) is 1. The normalized spacial score (nSPS) is 13.2. The first-order valence-corrected chi connectivity index (χ1v) is 4.69. The van der Waals surface area contributed by atoms with E-state index in [0.717, 1.165) is 17.0 Å². The van der Waals surface area contributed by atoms with Gasteiger partial charge in [0.25, 0.3) is 0 Å². The van der Waals surface area contributed by atoms with Gasteiger partial charge in [0.05, 0.1) is 6.54 Å². The van der Waals surface area contributed by atoms with Crippen LogP contribution < -0.4 is 11.1 Å². The summed E-state index contributed by atoms with van der Waals surface area (Å²) in [5.74, 6) is 0.919. The lowest BCUT2D eigenvalue weighted by Gasteiger charge is -2.08. The second kappa shape index (κ2) is 4.64. The third-order valence-corrected chi connectivity index (χ3v) is 2.03. The number of hydrogen-bond donors (Lipinski definition) is 2. The lowest BCUT2D eigenvalue weighted by Crippen LogP contribution is -2.32. The van der Waals surface area contributed by atoms with E-state index in [9.17, 15) is 0 Å². The zero-order valence-corrected chi connectivity index (χ0v) is 8.60. The largest absolute Gasteiger partial charge is 0.453 e. The highest BCUT2D eigenvalue weighted by molar-refractivity contribution is 9.10. The zero-order chi connectivity index (χ0) is 8.97. The Morgan fingerprint density at radius 1 is 1.67 bits per heavy atom. The fourth-order valence-corrected chi connectivity index (χ4v) is 1.14. The molecule has 1 aromatic heterocycles. The highest BCUT2D eigenvalue weighted by atomic mass is 79.9. The summed E-state index contributed by atoms with van der Waals surface area (Å²) >= 11 is 3.24. The molecule has 1 aromatic rings. The van der Waals surface area contributed by atoms with E-state index in [1.807, 2.05) is 19.1 Å². The standard InChI is InChI=1S/C8H13BrN2O/c1-6(4-10)11-5-7-2-3-8(9)12-7/h2-3,6,11H,4-5,10H2,1H3/t6-/m1/s1. The molecule has 3 N–H and O–H groups in total. The third-order valence-electron chi connectivity index (χ3n) is 1.61. The molecule has 0 aliphatic carbocycles. The summed E-state index contributed by atoms with van der Waals surface area (Å²) in [6, 6.07) is 4.14. The van der Waals surface area contributed by atoms with Crippen molar-refractivity contribution in [2.45, 2.75) is 19.5 Å². The van der Waals surface area contributed by atoms with Crippen molar-refractivity contribution in [2.24, 2.45) is 5.73 Å². The van der Waals surface area contributed by atoms with E-state index in [0.29, 0.717) is 12.6 Å². The van der Waals surface area contributed by atoms with E-state index in [1.165, 1.54) is 0 Å². The van der Waals surface area contributed by atoms with Gasteiger partial charge >= 0.3 is 0 Å². The Bertz CT molecular complexity index is 237. The van der Waals surface area contributed by atoms with Crippen LogP contribution in [0.3, 0.4) is 0 Å². The molecule has 0 aliphatic rings. The Morgan fingerprint density at radius 3 is 2.92 bits per heavy atom. The topological polar surface area (TPSA) is 51.2 Å². The van der Waals surface area contributed by atoms with Gasteiger partial charge in [-0.25, -0.2) is 0 Å². The first kappa shape index (κ1) is 9.77. The first-order valence-electron chi connectivity index (χ1n) is 3.90. The van der Waals surface area contributed by atoms with Crippen molar-refractivity contribution in [3.63, 3.8) is 0 Å². The summed E-state index contributed by atoms with van der Waals surface area (Å²) < 4.78 is 6.06. The number of nitrogens with one attached hydrogen (secondary N) is 1. The quantitative estimate of drug-likeness (QED) is 0.828. The van der Waals surface area contributed by atoms with Crippen LogP contribution in [0.15, 0.2) is 21.2 Å². The van der Waals surface area contributed by atoms with Gasteiger partial charge in [-0.1, -0.05) is 0 Å². The summed E-state index contributed by atoms with van der Waals surface area (Å²) in [6.45, 7) is 3.41. The summed E-state index contributed by atoms with van der Waals surface area (Å²) in [7, 11) is 0. The predicted octanol–water partition coefficient (Wildman–Crippen LogP) is 1.48. The highest BCUT2D eigenvalue weighted by Crippen LogP contribution is 2.13. The van der Waals surface area contributed by atoms with Gasteiger partial charge in [-0.2, -0.15) is 0 Å². The molecule has 0 aromatic carbocycles. The van der Waals surface area contributed by atoms with Crippen LogP contribution in [0.25, 0.3) is 0 Å². The summed E-state index contributed by atoms with van der Waals surface area (Å²) in [5, 5.41) is 3.22. The fourth-order valence-electron chi connectivity index (χ4n) is 0.805. The minimum atomic E-state index is 0.328. The van der Waals surface area contributed by atoms with Crippen LogP contribution in [0.5, 0.6) is 0 Å². The van der Waals surface area contributed by atoms with E-state index in [2.05, 4.69) is 21.2 Å². The van der Waals surface area contributed by atoms with Gasteiger partial charge in [-0.15, -0.1) is 0 Å². The summed E-state index contributed by atoms with van der Waals surface area (Å²) in [6.07, 6.45) is 0. The van der Waals surface area contributed by atoms with Crippen molar-refractivity contribution in [3.8, 4) is 0 Å². The number of rotatable bonds is 4. The Morgan fingerprint density at radius 2 is 2.42 bits per heavy atom. The number of hydrogen-bond acceptors (Lipinski definition) is 3. The maximum absolute atomic E-state index is 5.44. The molecule has 68 valence electrons. The Balaban J connectivity index is 2.33. The molecule has 4 heteroatoms. The fraction of sp³-hybridized carbons (Fsp3) is 0.500. The van der Waals surface area contributed by atoms with E-state index < -0.39 is 0 Å². The van der Waals surface area contributed by atoms with Crippen molar-refractivity contribution >= 4 is 15.9 Å². The van der Waals surface area contributed by atoms with Crippen LogP contribution in [-0.4, -0.2) is 12.6 Å². The molecule has 0 fully saturated rings. The lowest BCUT2D eigenvalue weighted by atomic mass is 10.3. The maximum Gasteiger partial charge on any atom is 0.169 e. The van der Waals surface area contributed by atoms with E-state index >= 15 is 0 Å². The van der Waals surface area contributed by atoms with Gasteiger partial charge in [0, 0.05) is 12.6 Å². The summed E-state index contributed by atoms with van der Waals surface area (Å²) in [5.41, 5.74) is 5.44. The molecule has 0 unspecified atom stereocenters. The zero-order valence-electron chi connectivity index (χ0n) is 7.01. The van der Waals surface area contributed by atoms with Crippen molar-refractivity contribution in [1.82, 2.24) is 5.32 Å². The van der Waals surface area contributed by atoms with Crippen molar-refractivity contribution in [3.05, 3.63) is 22.6 Å². The van der Waals surface area contributed by atoms with Gasteiger partial charge in [0.15, 0.2) is 4.67 Å². The molecule has 0 bridgehead atoms. The molecular formula is C8H13BrN2O. The smallest absolute Gasteiger partial charge is 0.169 e. The van der Waals surface area contributed by atoms with Gasteiger partial charge in [-0.05, 0) is 35.0 Å². The van der Waals surface area contributed by atoms with Gasteiger partial charge in [0.2, 0.25) is 0 Å². The molecule has 0 radical (unpaired) electrons. The van der Waals surface area contributed by atoms with E-state index in [-0.39, 0.29) is 0 Å². The average molecular weight is 233 g/mol. The molecule has 0 saturated carbocycles. The first-order chi connectivity index (χ1) is 5.72. The third kappa shape index (κ3) is 2.97. The van der Waals surface area contributed by atoms with Crippen molar-refractivity contribution in [1.29, 1.82) is 0 Å². The minimum absolute atomic E-state index is 0.328. The van der Waals surface area contributed by atoms with Crippen LogP contribution in [-0.2, 0) is 6.54 Å². The molecule has 1 atom stereocenters. The molecule has 0 saturated heterocycles. The van der Waals surface area contributed by atoms with Crippen LogP contribution in [0.4, 0.5) is 0 Å². The second-order valence-electron chi connectivity index (χ2n) is 2.72. The van der Waals surface area contributed by atoms with E-state index in [1.54, 1.807) is 0 Å². The molecular weight excluding hydrogens is 220 g/mol. The maximum atomic E-state index is 5.44. The molecule has 1 rings (SSSR count). The van der Waals surface area contributed by atoms with Crippen LogP contribution in [0, 0.1) is 0 Å². The highest BCUT2D eigenvalue weighted by Gasteiger charge is 2.01. The molecule has 0 spiro atoms. The van der Waals surface area contributed by atoms with Crippen molar-refractivity contribution in [2.75, 3.05) is 6.54 Å². The van der Waals surface area contributed by atoms with Crippen LogP contribution >= 0.6 is 15.9 Å².